The molecule has 0 aliphatic heterocycles. The van der Waals surface area contributed by atoms with Crippen molar-refractivity contribution < 1.29 is 14.3 Å². The van der Waals surface area contributed by atoms with Crippen LogP contribution in [-0.4, -0.2) is 19.6 Å². The number of carbonyl (C=O) groups excluding carboxylic acids is 1. The molecule has 0 saturated carbocycles. The second-order valence-electron chi connectivity index (χ2n) is 5.54. The van der Waals surface area contributed by atoms with Crippen molar-refractivity contribution in [1.82, 2.24) is 0 Å². The van der Waals surface area contributed by atoms with Crippen LogP contribution in [0.3, 0.4) is 0 Å². The third kappa shape index (κ3) is 4.99. The van der Waals surface area contributed by atoms with Gasteiger partial charge in [0.2, 0.25) is 0 Å². The number of hydrogen-bond donors (Lipinski definition) is 1. The van der Waals surface area contributed by atoms with Gasteiger partial charge in [0.25, 0.3) is 5.91 Å². The van der Waals surface area contributed by atoms with E-state index in [0.717, 1.165) is 4.47 Å². The minimum absolute atomic E-state index is 0.183. The van der Waals surface area contributed by atoms with Crippen LogP contribution in [0.1, 0.15) is 24.2 Å². The van der Waals surface area contributed by atoms with E-state index in [1.807, 2.05) is 12.1 Å². The molecule has 0 bridgehead atoms. The first-order valence-electron chi connectivity index (χ1n) is 7.37. The first-order valence-corrected chi connectivity index (χ1v) is 8.16. The highest BCUT2D eigenvalue weighted by Crippen LogP contribution is 2.28. The molecule has 4 nitrogen and oxygen atoms in total. The summed E-state index contributed by atoms with van der Waals surface area (Å²) >= 11 is 3.40. The first-order chi connectivity index (χ1) is 11.0. The van der Waals surface area contributed by atoms with Crippen molar-refractivity contribution >= 4 is 27.5 Å². The summed E-state index contributed by atoms with van der Waals surface area (Å²) in [4.78, 5) is 12.4. The van der Waals surface area contributed by atoms with Gasteiger partial charge >= 0.3 is 0 Å². The van der Waals surface area contributed by atoms with E-state index in [9.17, 15) is 4.79 Å². The second kappa shape index (κ2) is 8.02. The van der Waals surface area contributed by atoms with E-state index >= 15 is 0 Å². The summed E-state index contributed by atoms with van der Waals surface area (Å²) in [6.45, 7) is 4.78. The van der Waals surface area contributed by atoms with E-state index in [1.165, 1.54) is 0 Å². The largest absolute Gasteiger partial charge is 0.496 e. The Hall–Kier alpha value is -2.01. The van der Waals surface area contributed by atoms with E-state index in [0.29, 0.717) is 35.3 Å². The summed E-state index contributed by atoms with van der Waals surface area (Å²) in [5, 5.41) is 2.86. The van der Waals surface area contributed by atoms with Gasteiger partial charge in [-0.25, -0.2) is 0 Å². The lowest BCUT2D eigenvalue weighted by atomic mass is 10.2. The van der Waals surface area contributed by atoms with E-state index in [1.54, 1.807) is 37.4 Å². The maximum atomic E-state index is 12.4. The Morgan fingerprint density at radius 3 is 2.65 bits per heavy atom. The molecule has 23 heavy (non-hydrogen) atoms. The van der Waals surface area contributed by atoms with Crippen molar-refractivity contribution in [2.75, 3.05) is 19.0 Å². The molecule has 122 valence electrons. The molecule has 0 atom stereocenters. The van der Waals surface area contributed by atoms with Crippen LogP contribution in [0.25, 0.3) is 0 Å². The van der Waals surface area contributed by atoms with Crippen LogP contribution < -0.4 is 14.8 Å². The fraction of sp³-hybridized carbons (Fsp3) is 0.278. The molecule has 1 N–H and O–H groups in total. The van der Waals surface area contributed by atoms with Gasteiger partial charge < -0.3 is 14.8 Å². The monoisotopic (exact) mass is 377 g/mol. The molecule has 0 aliphatic carbocycles. The van der Waals surface area contributed by atoms with Crippen molar-refractivity contribution in [2.45, 2.75) is 13.8 Å². The van der Waals surface area contributed by atoms with Crippen LogP contribution in [-0.2, 0) is 0 Å². The minimum atomic E-state index is -0.183. The fourth-order valence-electron chi connectivity index (χ4n) is 1.94. The van der Waals surface area contributed by atoms with Crippen LogP contribution in [0.5, 0.6) is 11.5 Å². The van der Waals surface area contributed by atoms with Crippen LogP contribution in [0, 0.1) is 5.92 Å². The smallest absolute Gasteiger partial charge is 0.255 e. The van der Waals surface area contributed by atoms with Crippen molar-refractivity contribution in [3.63, 3.8) is 0 Å². The van der Waals surface area contributed by atoms with Gasteiger partial charge in [0.1, 0.15) is 11.5 Å². The van der Waals surface area contributed by atoms with E-state index in [-0.39, 0.29) is 5.91 Å². The Bertz CT molecular complexity index is 686. The van der Waals surface area contributed by atoms with E-state index < -0.39 is 0 Å². The number of carbonyl (C=O) groups is 1. The van der Waals surface area contributed by atoms with Crippen molar-refractivity contribution in [1.29, 1.82) is 0 Å². The molecule has 0 radical (unpaired) electrons. The Balaban J connectivity index is 2.08. The highest BCUT2D eigenvalue weighted by Gasteiger charge is 2.09. The molecule has 0 unspecified atom stereocenters. The molecule has 0 fully saturated rings. The topological polar surface area (TPSA) is 47.6 Å². The van der Waals surface area contributed by atoms with Crippen LogP contribution >= 0.6 is 15.9 Å². The van der Waals surface area contributed by atoms with Crippen LogP contribution in [0.2, 0.25) is 0 Å². The third-order valence-electron chi connectivity index (χ3n) is 3.09. The number of rotatable bonds is 6. The molecule has 2 rings (SSSR count). The van der Waals surface area contributed by atoms with Gasteiger partial charge in [-0.3, -0.25) is 4.79 Å². The average Bonchev–Trinajstić information content (AvgIpc) is 2.53. The Morgan fingerprint density at radius 2 is 2.00 bits per heavy atom. The van der Waals surface area contributed by atoms with Gasteiger partial charge in [0.05, 0.1) is 18.2 Å². The number of halogens is 1. The summed E-state index contributed by atoms with van der Waals surface area (Å²) < 4.78 is 11.6. The number of anilines is 1. The highest BCUT2D eigenvalue weighted by molar-refractivity contribution is 9.10. The number of benzene rings is 2. The summed E-state index contributed by atoms with van der Waals surface area (Å²) in [5.74, 6) is 1.66. The Kier molecular flexibility index (Phi) is 6.04. The van der Waals surface area contributed by atoms with Crippen LogP contribution in [0.4, 0.5) is 5.69 Å². The van der Waals surface area contributed by atoms with Gasteiger partial charge in [0, 0.05) is 11.3 Å². The summed E-state index contributed by atoms with van der Waals surface area (Å²) in [5.41, 5.74) is 1.24. The molecule has 0 spiro atoms. The standard InChI is InChI=1S/C18H20BrNO3/c1-12(2)11-23-15-6-4-5-13(9-15)18(21)20-14-7-8-17(22-3)16(19)10-14/h4-10,12H,11H2,1-3H3,(H,20,21). The van der Waals surface area contributed by atoms with Crippen molar-refractivity contribution in [3.8, 4) is 11.5 Å². The van der Waals surface area contributed by atoms with E-state index in [2.05, 4.69) is 35.1 Å². The molecule has 0 saturated heterocycles. The Labute approximate surface area is 144 Å². The van der Waals surface area contributed by atoms with Crippen molar-refractivity contribution in [2.24, 2.45) is 5.92 Å². The zero-order valence-electron chi connectivity index (χ0n) is 13.4. The van der Waals surface area contributed by atoms with Gasteiger partial charge in [0.15, 0.2) is 0 Å². The number of amides is 1. The lowest BCUT2D eigenvalue weighted by Gasteiger charge is -2.11. The molecular formula is C18H20BrNO3. The molecule has 2 aromatic rings. The minimum Gasteiger partial charge on any atom is -0.496 e. The molecular weight excluding hydrogens is 358 g/mol. The van der Waals surface area contributed by atoms with Crippen LogP contribution in [0.15, 0.2) is 46.9 Å². The molecule has 0 heterocycles. The predicted molar refractivity (Wildman–Crippen MR) is 95.4 cm³/mol. The Morgan fingerprint density at radius 1 is 1.22 bits per heavy atom. The number of nitrogens with one attached hydrogen (secondary N) is 1. The molecule has 1 amide bonds. The maximum absolute atomic E-state index is 12.4. The summed E-state index contributed by atoms with van der Waals surface area (Å²) in [7, 11) is 1.60. The first kappa shape index (κ1) is 17.3. The van der Waals surface area contributed by atoms with Gasteiger partial charge in [-0.2, -0.15) is 0 Å². The zero-order valence-corrected chi connectivity index (χ0v) is 15.0. The van der Waals surface area contributed by atoms with Gasteiger partial charge in [-0.15, -0.1) is 0 Å². The normalized spacial score (nSPS) is 10.5. The maximum Gasteiger partial charge on any atom is 0.255 e. The zero-order chi connectivity index (χ0) is 16.8. The predicted octanol–water partition coefficient (Wildman–Crippen LogP) is 4.74. The lowest BCUT2D eigenvalue weighted by Crippen LogP contribution is -2.12. The number of ether oxygens (including phenoxy) is 2. The van der Waals surface area contributed by atoms with Gasteiger partial charge in [-0.05, 0) is 58.2 Å². The molecule has 5 heteroatoms. The quantitative estimate of drug-likeness (QED) is 0.790. The number of methoxy groups -OCH3 is 1. The van der Waals surface area contributed by atoms with E-state index in [4.69, 9.17) is 9.47 Å². The molecule has 0 aromatic heterocycles. The van der Waals surface area contributed by atoms with Gasteiger partial charge in [-0.1, -0.05) is 19.9 Å². The third-order valence-corrected chi connectivity index (χ3v) is 3.71. The van der Waals surface area contributed by atoms with Crippen molar-refractivity contribution in [3.05, 3.63) is 52.5 Å². The fourth-order valence-corrected chi connectivity index (χ4v) is 2.48. The summed E-state index contributed by atoms with van der Waals surface area (Å²) in [6.07, 6.45) is 0. The molecule has 0 aliphatic rings. The SMILES string of the molecule is COc1ccc(NC(=O)c2cccc(OCC(C)C)c2)cc1Br. The highest BCUT2D eigenvalue weighted by atomic mass is 79.9. The second-order valence-corrected chi connectivity index (χ2v) is 6.39. The average molecular weight is 378 g/mol. The molecule has 2 aromatic carbocycles. The number of hydrogen-bond acceptors (Lipinski definition) is 3. The summed E-state index contributed by atoms with van der Waals surface area (Å²) in [6, 6.07) is 12.6. The lowest BCUT2D eigenvalue weighted by molar-refractivity contribution is 0.102.